The van der Waals surface area contributed by atoms with E-state index >= 15 is 0 Å². The Labute approximate surface area is 200 Å². The van der Waals surface area contributed by atoms with E-state index in [4.69, 9.17) is 0 Å². The van der Waals surface area contributed by atoms with Gasteiger partial charge in [0.1, 0.15) is 5.69 Å². The molecule has 1 atom stereocenters. The monoisotopic (exact) mass is 473 g/mol. The Bertz CT molecular complexity index is 1360. The second-order valence-corrected chi connectivity index (χ2v) is 8.59. The van der Waals surface area contributed by atoms with E-state index in [1.54, 1.807) is 0 Å². The van der Waals surface area contributed by atoms with Gasteiger partial charge in [-0.3, -0.25) is 19.7 Å². The summed E-state index contributed by atoms with van der Waals surface area (Å²) in [4.78, 5) is 40.6. The fourth-order valence-corrected chi connectivity index (χ4v) is 4.11. The molecule has 2 N–H and O–H groups in total. The predicted molar refractivity (Wildman–Crippen MR) is 132 cm³/mol. The molecule has 1 unspecified atom stereocenters. The number of hydrogen-bond acceptors (Lipinski definition) is 6. The summed E-state index contributed by atoms with van der Waals surface area (Å²) in [6.45, 7) is 3.69. The van der Waals surface area contributed by atoms with E-state index in [9.17, 15) is 14.4 Å². The number of anilines is 1. The number of benzene rings is 2. The van der Waals surface area contributed by atoms with Crippen LogP contribution in [0.1, 0.15) is 41.5 Å². The van der Waals surface area contributed by atoms with Crippen molar-refractivity contribution in [3.63, 3.8) is 0 Å². The molecule has 0 aliphatic carbocycles. The van der Waals surface area contributed by atoms with Gasteiger partial charge in [-0.2, -0.15) is 5.10 Å². The van der Waals surface area contributed by atoms with E-state index < -0.39 is 5.91 Å². The van der Waals surface area contributed by atoms with Crippen molar-refractivity contribution in [3.8, 4) is 11.3 Å². The van der Waals surface area contributed by atoms with Crippen LogP contribution in [0.15, 0.2) is 76.9 Å². The van der Waals surface area contributed by atoms with Crippen molar-refractivity contribution in [2.24, 2.45) is 0 Å². The van der Waals surface area contributed by atoms with Crippen molar-refractivity contribution in [1.82, 2.24) is 20.1 Å². The number of thiazole rings is 1. The lowest BCUT2D eigenvalue weighted by molar-refractivity contribution is -0.119. The van der Waals surface area contributed by atoms with E-state index in [2.05, 4.69) is 20.7 Å². The van der Waals surface area contributed by atoms with Gasteiger partial charge in [0.05, 0.1) is 18.3 Å². The van der Waals surface area contributed by atoms with E-state index in [-0.39, 0.29) is 29.7 Å². The fraction of sp³-hybridized carbons (Fsp3) is 0.160. The van der Waals surface area contributed by atoms with E-state index in [1.165, 1.54) is 35.1 Å². The maximum Gasteiger partial charge on any atom is 0.277 e. The molecule has 0 bridgehead atoms. The first-order valence-electron chi connectivity index (χ1n) is 10.7. The first-order valence-corrected chi connectivity index (χ1v) is 11.5. The molecule has 172 valence electrons. The van der Waals surface area contributed by atoms with Crippen LogP contribution < -0.4 is 16.2 Å². The van der Waals surface area contributed by atoms with Gasteiger partial charge in [-0.1, -0.05) is 54.6 Å². The van der Waals surface area contributed by atoms with E-state index in [0.717, 1.165) is 22.4 Å². The van der Waals surface area contributed by atoms with Crippen LogP contribution in [0.2, 0.25) is 0 Å². The zero-order chi connectivity index (χ0) is 24.1. The van der Waals surface area contributed by atoms with Gasteiger partial charge in [0.15, 0.2) is 5.13 Å². The molecule has 0 spiro atoms. The van der Waals surface area contributed by atoms with Gasteiger partial charge in [-0.05, 0) is 24.1 Å². The Morgan fingerprint density at radius 1 is 1.03 bits per heavy atom. The lowest BCUT2D eigenvalue weighted by atomic mass is 10.1. The third-order valence-electron chi connectivity index (χ3n) is 5.13. The first kappa shape index (κ1) is 23.1. The van der Waals surface area contributed by atoms with E-state index in [0.29, 0.717) is 5.13 Å². The Morgan fingerprint density at radius 2 is 1.76 bits per heavy atom. The van der Waals surface area contributed by atoms with Crippen molar-refractivity contribution in [3.05, 3.63) is 99.3 Å². The second kappa shape index (κ2) is 10.2. The summed E-state index contributed by atoms with van der Waals surface area (Å²) < 4.78 is 1.26. The lowest BCUT2D eigenvalue weighted by Crippen LogP contribution is -2.26. The number of aromatic nitrogens is 3. The summed E-state index contributed by atoms with van der Waals surface area (Å²) in [5.41, 5.74) is 3.36. The van der Waals surface area contributed by atoms with Crippen LogP contribution in [0, 0.1) is 0 Å². The minimum Gasteiger partial charge on any atom is -0.350 e. The highest BCUT2D eigenvalue weighted by Gasteiger charge is 2.14. The highest BCUT2D eigenvalue weighted by atomic mass is 32.1. The molecule has 0 saturated heterocycles. The van der Waals surface area contributed by atoms with Crippen molar-refractivity contribution in [2.45, 2.75) is 26.4 Å². The number of carbonyl (C=O) groups is 2. The Balaban J connectivity index is 1.45. The van der Waals surface area contributed by atoms with Gasteiger partial charge >= 0.3 is 0 Å². The number of rotatable bonds is 7. The summed E-state index contributed by atoms with van der Waals surface area (Å²) in [7, 11) is 0. The first-order chi connectivity index (χ1) is 16.4. The zero-order valence-corrected chi connectivity index (χ0v) is 19.5. The van der Waals surface area contributed by atoms with Crippen LogP contribution in [0.25, 0.3) is 11.3 Å². The molecule has 0 radical (unpaired) electrons. The molecule has 4 aromatic rings. The number of nitrogens with zero attached hydrogens (tertiary/aromatic N) is 3. The van der Waals surface area contributed by atoms with Crippen LogP contribution in [0.4, 0.5) is 5.13 Å². The molecule has 0 aliphatic rings. The van der Waals surface area contributed by atoms with Crippen LogP contribution >= 0.6 is 11.3 Å². The molecule has 0 saturated carbocycles. The van der Waals surface area contributed by atoms with Crippen LogP contribution in [-0.2, 0) is 11.3 Å². The Morgan fingerprint density at radius 3 is 2.47 bits per heavy atom. The number of hydrogen-bond donors (Lipinski definition) is 2. The number of amides is 2. The normalized spacial score (nSPS) is 11.6. The van der Waals surface area contributed by atoms with Crippen LogP contribution in [0.5, 0.6) is 0 Å². The Kier molecular flexibility index (Phi) is 6.93. The molecular formula is C25H23N5O3S. The van der Waals surface area contributed by atoms with Crippen molar-refractivity contribution in [1.29, 1.82) is 0 Å². The standard InChI is InChI=1S/C25H23N5O3S/c1-16(26-17(2)31)19-8-10-20(11-9-19)22-15-34-25(27-22)28-24(33)21-12-13-23(32)30(29-21)14-18-6-4-3-5-7-18/h3-13,15-16H,14H2,1-2H3,(H,26,31)(H,27,28,33). The van der Waals surface area contributed by atoms with Crippen molar-refractivity contribution < 1.29 is 9.59 Å². The molecule has 9 heteroatoms. The van der Waals surface area contributed by atoms with E-state index in [1.807, 2.05) is 66.9 Å². The Hall–Kier alpha value is -4.11. The third-order valence-corrected chi connectivity index (χ3v) is 5.88. The smallest absolute Gasteiger partial charge is 0.277 e. The van der Waals surface area contributed by atoms with Gasteiger partial charge in [0, 0.05) is 23.9 Å². The van der Waals surface area contributed by atoms with Crippen LogP contribution in [-0.4, -0.2) is 26.6 Å². The molecule has 34 heavy (non-hydrogen) atoms. The SMILES string of the molecule is CC(=O)NC(C)c1ccc(-c2csc(NC(=O)c3ccc(=O)n(Cc4ccccc4)n3)n2)cc1. The van der Waals surface area contributed by atoms with Gasteiger partial charge in [0.2, 0.25) is 5.91 Å². The topological polar surface area (TPSA) is 106 Å². The molecule has 2 heterocycles. The van der Waals surface area contributed by atoms with Gasteiger partial charge < -0.3 is 5.32 Å². The highest BCUT2D eigenvalue weighted by Crippen LogP contribution is 2.26. The average molecular weight is 474 g/mol. The van der Waals surface area contributed by atoms with Crippen LogP contribution in [0.3, 0.4) is 0 Å². The fourth-order valence-electron chi connectivity index (χ4n) is 3.40. The van der Waals surface area contributed by atoms with Gasteiger partial charge in [0.25, 0.3) is 11.5 Å². The predicted octanol–water partition coefficient (Wildman–Crippen LogP) is 3.86. The minimum absolute atomic E-state index is 0.0820. The summed E-state index contributed by atoms with van der Waals surface area (Å²) >= 11 is 1.30. The molecule has 0 aliphatic heterocycles. The summed E-state index contributed by atoms with van der Waals surface area (Å²) in [6.07, 6.45) is 0. The summed E-state index contributed by atoms with van der Waals surface area (Å²) in [5, 5.41) is 12.1. The molecule has 2 amide bonds. The maximum atomic E-state index is 12.7. The van der Waals surface area contributed by atoms with Crippen molar-refractivity contribution in [2.75, 3.05) is 5.32 Å². The zero-order valence-electron chi connectivity index (χ0n) is 18.7. The molecule has 4 rings (SSSR count). The largest absolute Gasteiger partial charge is 0.350 e. The number of nitrogens with one attached hydrogen (secondary N) is 2. The quantitative estimate of drug-likeness (QED) is 0.424. The molecule has 2 aromatic carbocycles. The molecule has 2 aromatic heterocycles. The maximum absolute atomic E-state index is 12.7. The second-order valence-electron chi connectivity index (χ2n) is 7.74. The third kappa shape index (κ3) is 5.62. The lowest BCUT2D eigenvalue weighted by Gasteiger charge is -2.13. The van der Waals surface area contributed by atoms with Gasteiger partial charge in [-0.25, -0.2) is 9.67 Å². The average Bonchev–Trinajstić information content (AvgIpc) is 3.29. The summed E-state index contributed by atoms with van der Waals surface area (Å²) in [5.74, 6) is -0.524. The highest BCUT2D eigenvalue weighted by molar-refractivity contribution is 7.14. The number of carbonyl (C=O) groups excluding carboxylic acids is 2. The molecule has 0 fully saturated rings. The molecular weight excluding hydrogens is 450 g/mol. The van der Waals surface area contributed by atoms with Gasteiger partial charge in [-0.15, -0.1) is 11.3 Å². The minimum atomic E-state index is -0.442. The molecule has 8 nitrogen and oxygen atoms in total. The van der Waals surface area contributed by atoms with Crippen molar-refractivity contribution >= 4 is 28.3 Å². The summed E-state index contributed by atoms with van der Waals surface area (Å²) in [6, 6.07) is 19.8.